The van der Waals surface area contributed by atoms with Crippen molar-refractivity contribution in [3.05, 3.63) is 63.0 Å². The molecule has 0 bridgehead atoms. The van der Waals surface area contributed by atoms with Crippen LogP contribution in [0.15, 0.2) is 45.6 Å². The Hall–Kier alpha value is -3.20. The first-order valence-electron chi connectivity index (χ1n) is 8.69. The zero-order valence-electron chi connectivity index (χ0n) is 15.0. The van der Waals surface area contributed by atoms with Crippen LogP contribution in [0.25, 0.3) is 11.0 Å². The van der Waals surface area contributed by atoms with Crippen LogP contribution in [0, 0.1) is 0 Å². The summed E-state index contributed by atoms with van der Waals surface area (Å²) >= 11 is 6.15. The summed E-state index contributed by atoms with van der Waals surface area (Å²) in [6, 6.07) is 6.37. The second-order valence-electron chi connectivity index (χ2n) is 6.36. The van der Waals surface area contributed by atoms with Crippen molar-refractivity contribution in [2.24, 2.45) is 0 Å². The van der Waals surface area contributed by atoms with Crippen LogP contribution in [0.2, 0.25) is 5.02 Å². The average Bonchev–Trinajstić information content (AvgIpc) is 2.92. The van der Waals surface area contributed by atoms with Gasteiger partial charge in [0.05, 0.1) is 29.4 Å². The van der Waals surface area contributed by atoms with Crippen molar-refractivity contribution in [1.29, 1.82) is 0 Å². The summed E-state index contributed by atoms with van der Waals surface area (Å²) in [4.78, 5) is 24.0. The van der Waals surface area contributed by atoms with Crippen LogP contribution in [0.3, 0.4) is 0 Å². The average molecular weight is 441 g/mol. The minimum Gasteiger partial charge on any atom is -0.489 e. The van der Waals surface area contributed by atoms with E-state index in [1.165, 1.54) is 18.2 Å². The van der Waals surface area contributed by atoms with Gasteiger partial charge in [-0.2, -0.15) is 13.2 Å². The van der Waals surface area contributed by atoms with E-state index in [4.69, 9.17) is 30.2 Å². The van der Waals surface area contributed by atoms with Gasteiger partial charge >= 0.3 is 17.8 Å². The van der Waals surface area contributed by atoms with Crippen molar-refractivity contribution in [1.82, 2.24) is 0 Å². The van der Waals surface area contributed by atoms with E-state index in [1.807, 2.05) is 0 Å². The van der Waals surface area contributed by atoms with Gasteiger partial charge in [0.15, 0.2) is 11.5 Å². The lowest BCUT2D eigenvalue weighted by molar-refractivity contribution is -0.136. The zero-order chi connectivity index (χ0) is 21.5. The zero-order valence-corrected chi connectivity index (χ0v) is 15.8. The van der Waals surface area contributed by atoms with Gasteiger partial charge in [-0.25, -0.2) is 9.59 Å². The van der Waals surface area contributed by atoms with Gasteiger partial charge in [0.1, 0.15) is 11.3 Å². The normalized spacial score (nSPS) is 13.7. The van der Waals surface area contributed by atoms with Gasteiger partial charge in [-0.15, -0.1) is 0 Å². The number of carbonyl (C=O) groups is 1. The molecular weight excluding hydrogens is 429 g/mol. The third-order valence-electron chi connectivity index (χ3n) is 4.27. The van der Waals surface area contributed by atoms with Gasteiger partial charge in [0.25, 0.3) is 0 Å². The van der Waals surface area contributed by atoms with E-state index in [-0.39, 0.29) is 33.1 Å². The number of hydrogen-bond donors (Lipinski definition) is 0. The van der Waals surface area contributed by atoms with Crippen LogP contribution in [-0.2, 0) is 6.18 Å². The number of carbonyl (C=O) groups excluding carboxylic acids is 1. The molecule has 0 amide bonds. The molecule has 6 nitrogen and oxygen atoms in total. The second-order valence-corrected chi connectivity index (χ2v) is 6.77. The third-order valence-corrected chi connectivity index (χ3v) is 4.55. The van der Waals surface area contributed by atoms with Crippen molar-refractivity contribution in [2.45, 2.75) is 12.6 Å². The van der Waals surface area contributed by atoms with Gasteiger partial charge in [0, 0.05) is 23.9 Å². The highest BCUT2D eigenvalue weighted by Crippen LogP contribution is 2.38. The molecule has 0 atom stereocenters. The molecule has 0 saturated carbocycles. The van der Waals surface area contributed by atoms with E-state index in [9.17, 15) is 22.8 Å². The Bertz CT molecular complexity index is 1200. The topological polar surface area (TPSA) is 75.0 Å². The largest absolute Gasteiger partial charge is 0.489 e. The molecule has 156 valence electrons. The summed E-state index contributed by atoms with van der Waals surface area (Å²) in [5.41, 5.74) is -2.62. The molecule has 0 spiro atoms. The van der Waals surface area contributed by atoms with Crippen molar-refractivity contribution < 1.29 is 36.6 Å². The number of hydrogen-bond acceptors (Lipinski definition) is 6. The molecule has 4 rings (SSSR count). The standard InChI is InChI=1S/C20H12ClF3O6/c21-14-6-10(7-16-18(14)28-5-1-4-27-16)19(26)29-11-2-3-12-13(20(22,23)24)9-17(25)30-15(12)8-11/h2-3,6-9H,1,4-5H2. The first-order chi connectivity index (χ1) is 14.2. The van der Waals surface area contributed by atoms with Crippen LogP contribution in [0.5, 0.6) is 17.2 Å². The van der Waals surface area contributed by atoms with Crippen LogP contribution in [-0.4, -0.2) is 19.2 Å². The quantitative estimate of drug-likeness (QED) is 0.322. The third kappa shape index (κ3) is 3.93. The molecule has 1 aliphatic heterocycles. The Morgan fingerprint density at radius 3 is 2.60 bits per heavy atom. The molecule has 10 heteroatoms. The summed E-state index contributed by atoms with van der Waals surface area (Å²) in [6.45, 7) is 0.797. The molecule has 0 fully saturated rings. The molecule has 0 radical (unpaired) electrons. The Labute approximate surface area is 171 Å². The number of esters is 1. The minimum absolute atomic E-state index is 0.0508. The number of benzene rings is 2. The number of halogens is 4. The molecule has 2 heterocycles. The molecule has 1 aromatic heterocycles. The van der Waals surface area contributed by atoms with Crippen molar-refractivity contribution in [3.8, 4) is 17.2 Å². The molecular formula is C20H12ClF3O6. The second kappa shape index (κ2) is 7.56. The summed E-state index contributed by atoms with van der Waals surface area (Å²) in [5.74, 6) is -0.344. The van der Waals surface area contributed by atoms with Gasteiger partial charge in [0.2, 0.25) is 0 Å². The highest BCUT2D eigenvalue weighted by Gasteiger charge is 2.34. The Kier molecular flexibility index (Phi) is 5.07. The smallest absolute Gasteiger partial charge is 0.417 e. The van der Waals surface area contributed by atoms with Gasteiger partial charge in [-0.1, -0.05) is 11.6 Å². The van der Waals surface area contributed by atoms with Crippen LogP contribution in [0.1, 0.15) is 22.3 Å². The molecule has 3 aromatic rings. The van der Waals surface area contributed by atoms with Crippen LogP contribution < -0.4 is 19.8 Å². The fourth-order valence-corrected chi connectivity index (χ4v) is 3.22. The lowest BCUT2D eigenvalue weighted by Crippen LogP contribution is -2.12. The predicted octanol–water partition coefficient (Wildman–Crippen LogP) is 4.85. The monoisotopic (exact) mass is 440 g/mol. The Balaban J connectivity index is 1.66. The number of ether oxygens (including phenoxy) is 3. The van der Waals surface area contributed by atoms with Crippen molar-refractivity contribution >= 4 is 28.5 Å². The van der Waals surface area contributed by atoms with Crippen LogP contribution in [0.4, 0.5) is 13.2 Å². The van der Waals surface area contributed by atoms with E-state index in [0.29, 0.717) is 31.5 Å². The number of alkyl halides is 3. The Morgan fingerprint density at radius 1 is 1.07 bits per heavy atom. The van der Waals surface area contributed by atoms with E-state index in [1.54, 1.807) is 0 Å². The van der Waals surface area contributed by atoms with Crippen molar-refractivity contribution in [2.75, 3.05) is 13.2 Å². The lowest BCUT2D eigenvalue weighted by Gasteiger charge is -2.12. The maximum absolute atomic E-state index is 13.1. The molecule has 1 aliphatic rings. The molecule has 0 unspecified atom stereocenters. The molecule has 30 heavy (non-hydrogen) atoms. The first-order valence-corrected chi connectivity index (χ1v) is 9.06. The van der Waals surface area contributed by atoms with E-state index < -0.39 is 23.3 Å². The lowest BCUT2D eigenvalue weighted by atomic mass is 10.1. The summed E-state index contributed by atoms with van der Waals surface area (Å²) in [6.07, 6.45) is -4.10. The molecule has 2 aromatic carbocycles. The molecule has 0 aliphatic carbocycles. The summed E-state index contributed by atoms with van der Waals surface area (Å²) < 4.78 is 60.4. The first kappa shape index (κ1) is 20.1. The molecule has 0 N–H and O–H groups in total. The minimum atomic E-state index is -4.74. The predicted molar refractivity (Wildman–Crippen MR) is 99.5 cm³/mol. The van der Waals surface area contributed by atoms with Gasteiger partial charge in [-0.05, 0) is 24.3 Å². The maximum atomic E-state index is 13.1. The van der Waals surface area contributed by atoms with Gasteiger partial charge < -0.3 is 18.6 Å². The fourth-order valence-electron chi connectivity index (χ4n) is 2.96. The van der Waals surface area contributed by atoms with E-state index >= 15 is 0 Å². The van der Waals surface area contributed by atoms with E-state index in [2.05, 4.69) is 0 Å². The Morgan fingerprint density at radius 2 is 1.83 bits per heavy atom. The SMILES string of the molecule is O=C(Oc1ccc2c(C(F)(F)F)cc(=O)oc2c1)c1cc(Cl)c2c(c1)OCCCO2. The number of fused-ring (bicyclic) bond motifs is 2. The maximum Gasteiger partial charge on any atom is 0.417 e. The van der Waals surface area contributed by atoms with E-state index in [0.717, 1.165) is 12.1 Å². The number of rotatable bonds is 2. The highest BCUT2D eigenvalue weighted by atomic mass is 35.5. The summed E-state index contributed by atoms with van der Waals surface area (Å²) in [5, 5.41) is -0.179. The molecule has 0 saturated heterocycles. The summed E-state index contributed by atoms with van der Waals surface area (Å²) in [7, 11) is 0. The fraction of sp³-hybridized carbons (Fsp3) is 0.200. The highest BCUT2D eigenvalue weighted by molar-refractivity contribution is 6.32. The van der Waals surface area contributed by atoms with Crippen molar-refractivity contribution in [3.63, 3.8) is 0 Å². The van der Waals surface area contributed by atoms with Crippen LogP contribution >= 0.6 is 11.6 Å². The van der Waals surface area contributed by atoms with Gasteiger partial charge in [-0.3, -0.25) is 0 Å².